The van der Waals surface area contributed by atoms with Crippen molar-refractivity contribution in [2.24, 2.45) is 0 Å². The van der Waals surface area contributed by atoms with Crippen LogP contribution in [0.1, 0.15) is 23.9 Å². The van der Waals surface area contributed by atoms with Gasteiger partial charge in [-0.1, -0.05) is 37.3 Å². The van der Waals surface area contributed by atoms with Gasteiger partial charge in [0.15, 0.2) is 0 Å². The van der Waals surface area contributed by atoms with Crippen molar-refractivity contribution in [1.82, 2.24) is 14.3 Å². The number of aromatic nitrogens is 3. The number of nitrogens with one attached hydrogen (secondary N) is 1. The normalized spacial score (nSPS) is 11.0. The Bertz CT molecular complexity index is 1270. The van der Waals surface area contributed by atoms with Crippen molar-refractivity contribution in [2.75, 3.05) is 5.32 Å². The lowest BCUT2D eigenvalue weighted by Gasteiger charge is -2.10. The molecule has 0 fully saturated rings. The number of benzene rings is 2. The molecule has 0 radical (unpaired) electrons. The van der Waals surface area contributed by atoms with Gasteiger partial charge in [0, 0.05) is 22.5 Å². The highest BCUT2D eigenvalue weighted by Crippen LogP contribution is 2.22. The number of hydrogen-bond acceptors (Lipinski definition) is 3. The van der Waals surface area contributed by atoms with Crippen LogP contribution in [0.15, 0.2) is 65.6 Å². The average Bonchev–Trinajstić information content (AvgIpc) is 3.00. The Balaban J connectivity index is 1.66. The van der Waals surface area contributed by atoms with Gasteiger partial charge in [-0.3, -0.25) is 9.59 Å². The molecule has 0 saturated heterocycles. The van der Waals surface area contributed by atoms with Crippen molar-refractivity contribution in [2.45, 2.75) is 33.7 Å². The number of fused-ring (bicyclic) bond motifs is 1. The van der Waals surface area contributed by atoms with Crippen LogP contribution >= 0.6 is 0 Å². The second kappa shape index (κ2) is 7.99. The Hall–Kier alpha value is -3.67. The Morgan fingerprint density at radius 3 is 2.37 bits per heavy atom. The minimum absolute atomic E-state index is 0.132. The van der Waals surface area contributed by atoms with Crippen molar-refractivity contribution >= 4 is 22.4 Å². The number of carbonyl (C=O) groups excluding carboxylic acids is 1. The van der Waals surface area contributed by atoms with E-state index in [9.17, 15) is 9.59 Å². The summed E-state index contributed by atoms with van der Waals surface area (Å²) in [4.78, 5) is 25.8. The number of aryl methyl sites for hydroxylation is 3. The zero-order chi connectivity index (χ0) is 21.3. The van der Waals surface area contributed by atoms with Crippen LogP contribution in [0, 0.1) is 13.8 Å². The number of anilines is 1. The molecule has 0 spiro atoms. The summed E-state index contributed by atoms with van der Waals surface area (Å²) in [5.74, 6) is -0.137. The first kappa shape index (κ1) is 19.6. The van der Waals surface area contributed by atoms with E-state index in [-0.39, 0.29) is 18.0 Å². The summed E-state index contributed by atoms with van der Waals surface area (Å²) in [7, 11) is 0. The Morgan fingerprint density at radius 2 is 1.70 bits per heavy atom. The molecule has 1 amide bonds. The van der Waals surface area contributed by atoms with Crippen LogP contribution in [0.3, 0.4) is 0 Å². The van der Waals surface area contributed by atoms with Crippen molar-refractivity contribution < 1.29 is 4.79 Å². The number of nitrogens with zero attached hydrogens (tertiary/aromatic N) is 3. The number of hydrogen-bond donors (Lipinski definition) is 1. The second-order valence-electron chi connectivity index (χ2n) is 7.34. The molecule has 30 heavy (non-hydrogen) atoms. The summed E-state index contributed by atoms with van der Waals surface area (Å²) in [5, 5.41) is 8.64. The minimum atomic E-state index is -0.186. The number of carbonyl (C=O) groups is 1. The summed E-state index contributed by atoms with van der Waals surface area (Å²) in [5.41, 5.74) is 4.12. The van der Waals surface area contributed by atoms with Gasteiger partial charge < -0.3 is 9.88 Å². The standard InChI is InChI=1S/C24H24N4O2/c1-4-18-10-12-19(13-11-18)26-22(29)15-27-16(2)21-14-25-28(20-8-6-5-7-9-20)24(30)23(21)17(27)3/h5-14H,4,15H2,1-3H3,(H,26,29). The Morgan fingerprint density at radius 1 is 1.00 bits per heavy atom. The highest BCUT2D eigenvalue weighted by molar-refractivity contribution is 5.92. The van der Waals surface area contributed by atoms with Crippen molar-refractivity contribution in [3.63, 3.8) is 0 Å². The van der Waals surface area contributed by atoms with Crippen LogP contribution < -0.4 is 10.9 Å². The molecule has 4 aromatic rings. The lowest BCUT2D eigenvalue weighted by atomic mass is 10.1. The highest BCUT2D eigenvalue weighted by atomic mass is 16.2. The third-order valence-corrected chi connectivity index (χ3v) is 5.49. The summed E-state index contributed by atoms with van der Waals surface area (Å²) in [6.45, 7) is 6.01. The summed E-state index contributed by atoms with van der Waals surface area (Å²) >= 11 is 0. The molecule has 2 heterocycles. The van der Waals surface area contributed by atoms with E-state index in [1.807, 2.05) is 73.0 Å². The molecule has 152 valence electrons. The smallest absolute Gasteiger partial charge is 0.281 e. The maximum Gasteiger partial charge on any atom is 0.281 e. The molecule has 0 aliphatic carbocycles. The molecule has 2 aromatic carbocycles. The van der Waals surface area contributed by atoms with Crippen LogP contribution in [0.2, 0.25) is 0 Å². The SMILES string of the molecule is CCc1ccc(NC(=O)Cn2c(C)c3cnn(-c4ccccc4)c(=O)c3c2C)cc1. The predicted octanol–water partition coefficient (Wildman–Crippen LogP) is 4.01. The third-order valence-electron chi connectivity index (χ3n) is 5.49. The van der Waals surface area contributed by atoms with E-state index in [2.05, 4.69) is 17.3 Å². The molecule has 6 heteroatoms. The lowest BCUT2D eigenvalue weighted by molar-refractivity contribution is -0.116. The van der Waals surface area contributed by atoms with Gasteiger partial charge in [-0.2, -0.15) is 9.78 Å². The van der Waals surface area contributed by atoms with Crippen molar-refractivity contribution in [3.8, 4) is 5.69 Å². The molecule has 6 nitrogen and oxygen atoms in total. The maximum atomic E-state index is 13.1. The largest absolute Gasteiger partial charge is 0.338 e. The molecule has 2 aromatic heterocycles. The summed E-state index contributed by atoms with van der Waals surface area (Å²) in [6, 6.07) is 17.2. The number of para-hydroxylation sites is 1. The first-order valence-electron chi connectivity index (χ1n) is 10.0. The Kier molecular flexibility index (Phi) is 5.23. The molecule has 1 N–H and O–H groups in total. The van der Waals surface area contributed by atoms with Gasteiger partial charge in [0.1, 0.15) is 6.54 Å². The van der Waals surface area contributed by atoms with Crippen LogP contribution in [0.5, 0.6) is 0 Å². The molecule has 0 atom stereocenters. The van der Waals surface area contributed by atoms with Gasteiger partial charge in [-0.15, -0.1) is 0 Å². The molecule has 0 aliphatic rings. The average molecular weight is 400 g/mol. The molecule has 0 saturated carbocycles. The lowest BCUT2D eigenvalue weighted by Crippen LogP contribution is -2.22. The van der Waals surface area contributed by atoms with E-state index in [4.69, 9.17) is 0 Å². The zero-order valence-corrected chi connectivity index (χ0v) is 17.3. The van der Waals surface area contributed by atoms with Gasteiger partial charge in [-0.05, 0) is 50.1 Å². The molecule has 0 aliphatic heterocycles. The monoisotopic (exact) mass is 400 g/mol. The molecule has 0 unspecified atom stereocenters. The number of rotatable bonds is 5. The quantitative estimate of drug-likeness (QED) is 0.550. The van der Waals surface area contributed by atoms with E-state index < -0.39 is 0 Å². The van der Waals surface area contributed by atoms with Crippen LogP contribution in [0.25, 0.3) is 16.5 Å². The molecule has 0 bridgehead atoms. The Labute approximate surface area is 174 Å². The first-order valence-corrected chi connectivity index (χ1v) is 10.0. The van der Waals surface area contributed by atoms with Crippen LogP contribution in [-0.4, -0.2) is 20.3 Å². The topological polar surface area (TPSA) is 68.9 Å². The fourth-order valence-corrected chi connectivity index (χ4v) is 3.77. The van der Waals surface area contributed by atoms with Gasteiger partial charge in [0.25, 0.3) is 5.56 Å². The van der Waals surface area contributed by atoms with Gasteiger partial charge in [0.05, 0.1) is 17.3 Å². The molecular formula is C24H24N4O2. The van der Waals surface area contributed by atoms with E-state index in [1.165, 1.54) is 10.2 Å². The van der Waals surface area contributed by atoms with Crippen LogP contribution in [0.4, 0.5) is 5.69 Å². The van der Waals surface area contributed by atoms with E-state index >= 15 is 0 Å². The number of amides is 1. The van der Waals surface area contributed by atoms with E-state index in [0.717, 1.165) is 28.9 Å². The maximum absolute atomic E-state index is 13.1. The van der Waals surface area contributed by atoms with Gasteiger partial charge in [-0.25, -0.2) is 0 Å². The predicted molar refractivity (Wildman–Crippen MR) is 119 cm³/mol. The highest BCUT2D eigenvalue weighted by Gasteiger charge is 2.18. The summed E-state index contributed by atoms with van der Waals surface area (Å²) in [6.07, 6.45) is 2.65. The van der Waals surface area contributed by atoms with E-state index in [1.54, 1.807) is 6.20 Å². The minimum Gasteiger partial charge on any atom is -0.338 e. The van der Waals surface area contributed by atoms with Crippen molar-refractivity contribution in [3.05, 3.63) is 88.1 Å². The summed E-state index contributed by atoms with van der Waals surface area (Å²) < 4.78 is 3.27. The fraction of sp³-hybridized carbons (Fsp3) is 0.208. The zero-order valence-electron chi connectivity index (χ0n) is 17.3. The molecular weight excluding hydrogens is 376 g/mol. The first-order chi connectivity index (χ1) is 14.5. The van der Waals surface area contributed by atoms with E-state index in [0.29, 0.717) is 11.1 Å². The third kappa shape index (κ3) is 3.52. The fourth-order valence-electron chi connectivity index (χ4n) is 3.77. The van der Waals surface area contributed by atoms with Crippen molar-refractivity contribution in [1.29, 1.82) is 0 Å². The molecule has 4 rings (SSSR count). The second-order valence-corrected chi connectivity index (χ2v) is 7.34. The van der Waals surface area contributed by atoms with Gasteiger partial charge in [0.2, 0.25) is 5.91 Å². The van der Waals surface area contributed by atoms with Gasteiger partial charge >= 0.3 is 0 Å². The van der Waals surface area contributed by atoms with Crippen LogP contribution in [-0.2, 0) is 17.8 Å².